The third-order valence-electron chi connectivity index (χ3n) is 7.14. The normalized spacial score (nSPS) is 26.3. The fraction of sp³-hybridized carbons (Fsp3) is 0.955. The number of likely N-dealkylation sites (tertiary alicyclic amines) is 2. The second-order valence-electron chi connectivity index (χ2n) is 9.66. The second kappa shape index (κ2) is 8.60. The van der Waals surface area contributed by atoms with E-state index >= 15 is 0 Å². The maximum Gasteiger partial charge on any atom is 0.225 e. The topological polar surface area (TPSA) is 32.8 Å². The van der Waals surface area contributed by atoms with Gasteiger partial charge in [0.1, 0.15) is 0 Å². The van der Waals surface area contributed by atoms with Crippen LogP contribution >= 0.6 is 0 Å². The molecule has 2 saturated heterocycles. The Hall–Kier alpha value is -0.610. The van der Waals surface area contributed by atoms with Crippen molar-refractivity contribution in [2.24, 2.45) is 17.3 Å². The molecule has 4 nitrogen and oxygen atoms in total. The lowest BCUT2D eigenvalue weighted by Crippen LogP contribution is -2.52. The Bertz CT molecular complexity index is 455. The van der Waals surface area contributed by atoms with Crippen LogP contribution in [0.4, 0.5) is 0 Å². The van der Waals surface area contributed by atoms with Crippen LogP contribution in [0.5, 0.6) is 0 Å². The highest BCUT2D eigenvalue weighted by molar-refractivity contribution is 5.78. The predicted octanol–water partition coefficient (Wildman–Crippen LogP) is 3.94. The summed E-state index contributed by atoms with van der Waals surface area (Å²) < 4.78 is 6.44. The number of rotatable bonds is 6. The van der Waals surface area contributed by atoms with Gasteiger partial charge in [0, 0.05) is 38.6 Å². The third-order valence-corrected chi connectivity index (χ3v) is 7.14. The van der Waals surface area contributed by atoms with Gasteiger partial charge in [0.25, 0.3) is 0 Å². The zero-order valence-corrected chi connectivity index (χ0v) is 17.5. The summed E-state index contributed by atoms with van der Waals surface area (Å²) in [6.45, 7) is 14.2. The summed E-state index contributed by atoms with van der Waals surface area (Å²) in [6.07, 6.45) is 9.46. The van der Waals surface area contributed by atoms with Crippen LogP contribution in [0.3, 0.4) is 0 Å². The molecule has 0 radical (unpaired) electrons. The van der Waals surface area contributed by atoms with Gasteiger partial charge in [-0.2, -0.15) is 0 Å². The van der Waals surface area contributed by atoms with Crippen LogP contribution in [0, 0.1) is 17.3 Å². The van der Waals surface area contributed by atoms with E-state index in [1.807, 2.05) is 13.8 Å². The van der Waals surface area contributed by atoms with Gasteiger partial charge in [-0.1, -0.05) is 34.1 Å². The average Bonchev–Trinajstić information content (AvgIpc) is 2.61. The number of carbonyl (C=O) groups is 1. The fourth-order valence-corrected chi connectivity index (χ4v) is 5.05. The Morgan fingerprint density at radius 1 is 1.04 bits per heavy atom. The number of hydrogen-bond acceptors (Lipinski definition) is 3. The molecule has 1 amide bonds. The molecular formula is C22H40N2O2. The molecule has 4 heteroatoms. The number of ether oxygens (including phenoxy) is 1. The van der Waals surface area contributed by atoms with Crippen LogP contribution < -0.4 is 0 Å². The van der Waals surface area contributed by atoms with E-state index in [-0.39, 0.29) is 5.92 Å². The molecule has 0 N–H and O–H groups in total. The van der Waals surface area contributed by atoms with E-state index in [0.29, 0.717) is 23.5 Å². The summed E-state index contributed by atoms with van der Waals surface area (Å²) in [6, 6.07) is 0. The van der Waals surface area contributed by atoms with Crippen molar-refractivity contribution < 1.29 is 9.53 Å². The van der Waals surface area contributed by atoms with Gasteiger partial charge in [-0.15, -0.1) is 0 Å². The van der Waals surface area contributed by atoms with Gasteiger partial charge >= 0.3 is 0 Å². The summed E-state index contributed by atoms with van der Waals surface area (Å²) in [4.78, 5) is 16.9. The van der Waals surface area contributed by atoms with Gasteiger partial charge in [-0.05, 0) is 49.9 Å². The van der Waals surface area contributed by atoms with Crippen LogP contribution in [-0.2, 0) is 9.53 Å². The Balaban J connectivity index is 1.33. The molecule has 1 atom stereocenters. The SMILES string of the molecule is CCC(C)CN1CCC(OC2CC3(CCN(C(=O)C(C)C)CC3)C2)CC1. The van der Waals surface area contributed by atoms with Crippen molar-refractivity contribution in [2.75, 3.05) is 32.7 Å². The number of piperidine rings is 2. The van der Waals surface area contributed by atoms with Gasteiger partial charge in [-0.25, -0.2) is 0 Å². The van der Waals surface area contributed by atoms with Gasteiger partial charge in [-0.3, -0.25) is 4.79 Å². The molecule has 0 bridgehead atoms. The molecule has 3 fully saturated rings. The van der Waals surface area contributed by atoms with Gasteiger partial charge in [0.2, 0.25) is 5.91 Å². The molecule has 26 heavy (non-hydrogen) atoms. The minimum Gasteiger partial charge on any atom is -0.375 e. The van der Waals surface area contributed by atoms with E-state index < -0.39 is 0 Å². The molecule has 0 aromatic heterocycles. The lowest BCUT2D eigenvalue weighted by atomic mass is 9.61. The van der Waals surface area contributed by atoms with Crippen molar-refractivity contribution in [3.8, 4) is 0 Å². The molecule has 3 rings (SSSR count). The number of amides is 1. The first-order valence-electron chi connectivity index (χ1n) is 11.1. The highest BCUT2D eigenvalue weighted by Gasteiger charge is 2.47. The smallest absolute Gasteiger partial charge is 0.225 e. The Kier molecular flexibility index (Phi) is 6.66. The summed E-state index contributed by atoms with van der Waals surface area (Å²) in [5, 5.41) is 0. The summed E-state index contributed by atoms with van der Waals surface area (Å²) in [7, 11) is 0. The molecule has 1 saturated carbocycles. The summed E-state index contributed by atoms with van der Waals surface area (Å²) >= 11 is 0. The molecule has 2 aliphatic heterocycles. The fourth-order valence-electron chi connectivity index (χ4n) is 5.05. The number of carbonyl (C=O) groups excluding carboxylic acids is 1. The third kappa shape index (κ3) is 4.81. The van der Waals surface area contributed by atoms with Crippen molar-refractivity contribution in [1.82, 2.24) is 9.80 Å². The molecule has 2 heterocycles. The minimum atomic E-state index is 0.132. The van der Waals surface area contributed by atoms with Gasteiger partial charge in [0.05, 0.1) is 12.2 Å². The summed E-state index contributed by atoms with van der Waals surface area (Å²) in [5.74, 6) is 1.27. The molecular weight excluding hydrogens is 324 g/mol. The summed E-state index contributed by atoms with van der Waals surface area (Å²) in [5.41, 5.74) is 0.482. The van der Waals surface area contributed by atoms with E-state index in [1.54, 1.807) is 0 Å². The molecule has 1 unspecified atom stereocenters. The van der Waals surface area contributed by atoms with Crippen LogP contribution in [0.25, 0.3) is 0 Å². The zero-order chi connectivity index (χ0) is 18.7. The average molecular weight is 365 g/mol. The zero-order valence-electron chi connectivity index (χ0n) is 17.5. The van der Waals surface area contributed by atoms with Gasteiger partial charge < -0.3 is 14.5 Å². The number of hydrogen-bond donors (Lipinski definition) is 0. The first kappa shape index (κ1) is 20.1. The maximum atomic E-state index is 12.2. The van der Waals surface area contributed by atoms with Crippen LogP contribution in [0.1, 0.15) is 72.6 Å². The minimum absolute atomic E-state index is 0.132. The van der Waals surface area contributed by atoms with Crippen molar-refractivity contribution in [2.45, 2.75) is 84.8 Å². The largest absolute Gasteiger partial charge is 0.375 e. The van der Waals surface area contributed by atoms with Crippen molar-refractivity contribution >= 4 is 5.91 Å². The highest BCUT2D eigenvalue weighted by atomic mass is 16.5. The molecule has 0 aromatic carbocycles. The van der Waals surface area contributed by atoms with E-state index in [4.69, 9.17) is 4.74 Å². The molecule has 1 aliphatic carbocycles. The Morgan fingerprint density at radius 2 is 1.65 bits per heavy atom. The standard InChI is InChI=1S/C22H40N2O2/c1-5-18(4)16-23-10-6-19(7-11-23)26-20-14-22(15-20)8-12-24(13-9-22)21(25)17(2)3/h17-20H,5-16H2,1-4H3. The van der Waals surface area contributed by atoms with E-state index in [1.165, 1.54) is 64.6 Å². The van der Waals surface area contributed by atoms with E-state index in [9.17, 15) is 4.79 Å². The lowest BCUT2D eigenvalue weighted by Gasteiger charge is -2.53. The van der Waals surface area contributed by atoms with Crippen molar-refractivity contribution in [3.05, 3.63) is 0 Å². The first-order chi connectivity index (χ1) is 12.4. The monoisotopic (exact) mass is 364 g/mol. The first-order valence-corrected chi connectivity index (χ1v) is 11.1. The number of nitrogens with zero attached hydrogens (tertiary/aromatic N) is 2. The molecule has 3 aliphatic rings. The van der Waals surface area contributed by atoms with Crippen molar-refractivity contribution in [1.29, 1.82) is 0 Å². The van der Waals surface area contributed by atoms with Crippen LogP contribution in [0.15, 0.2) is 0 Å². The second-order valence-corrected chi connectivity index (χ2v) is 9.66. The molecule has 150 valence electrons. The molecule has 0 aromatic rings. The van der Waals surface area contributed by atoms with E-state index in [2.05, 4.69) is 23.6 Å². The highest BCUT2D eigenvalue weighted by Crippen LogP contribution is 2.51. The van der Waals surface area contributed by atoms with Crippen molar-refractivity contribution in [3.63, 3.8) is 0 Å². The Morgan fingerprint density at radius 3 is 2.19 bits per heavy atom. The lowest BCUT2D eigenvalue weighted by molar-refractivity contribution is -0.152. The quantitative estimate of drug-likeness (QED) is 0.716. The Labute approximate surface area is 160 Å². The molecule has 1 spiro atoms. The maximum absolute atomic E-state index is 12.2. The van der Waals surface area contributed by atoms with Crippen LogP contribution in [-0.4, -0.2) is 60.6 Å². The van der Waals surface area contributed by atoms with Crippen LogP contribution in [0.2, 0.25) is 0 Å². The predicted molar refractivity (Wildman–Crippen MR) is 106 cm³/mol. The van der Waals surface area contributed by atoms with Gasteiger partial charge in [0.15, 0.2) is 0 Å². The van der Waals surface area contributed by atoms with E-state index in [0.717, 1.165) is 19.0 Å².